The lowest BCUT2D eigenvalue weighted by molar-refractivity contribution is -0.117. The number of hydrogen-bond acceptors (Lipinski definition) is 4. The minimum atomic E-state index is -0.179. The van der Waals surface area contributed by atoms with E-state index in [1.165, 1.54) is 11.3 Å². The van der Waals surface area contributed by atoms with Crippen molar-refractivity contribution in [2.45, 2.75) is 19.8 Å². The largest absolute Gasteiger partial charge is 0.456 e. The van der Waals surface area contributed by atoms with E-state index in [0.29, 0.717) is 10.6 Å². The number of anilines is 2. The molecule has 1 aliphatic carbocycles. The average molecular weight is 390 g/mol. The zero-order valence-electron chi connectivity index (χ0n) is 15.2. The fraction of sp³-hybridized carbons (Fsp3) is 0.182. The Labute approximate surface area is 165 Å². The first-order valence-corrected chi connectivity index (χ1v) is 10.0. The van der Waals surface area contributed by atoms with Crippen molar-refractivity contribution in [1.29, 1.82) is 0 Å². The second-order valence-electron chi connectivity index (χ2n) is 7.15. The number of rotatable bonds is 4. The number of amides is 2. The summed E-state index contributed by atoms with van der Waals surface area (Å²) in [6.07, 6.45) is 1.91. The molecule has 2 aromatic heterocycles. The molecule has 5 rings (SSSR count). The van der Waals surface area contributed by atoms with Crippen molar-refractivity contribution >= 4 is 55.8 Å². The Balaban J connectivity index is 1.39. The average Bonchev–Trinajstić information content (AvgIpc) is 3.38. The molecule has 0 radical (unpaired) electrons. The van der Waals surface area contributed by atoms with E-state index >= 15 is 0 Å². The van der Waals surface area contributed by atoms with Crippen molar-refractivity contribution in [2.75, 3.05) is 10.6 Å². The third-order valence-corrected chi connectivity index (χ3v) is 6.10. The van der Waals surface area contributed by atoms with Gasteiger partial charge in [-0.25, -0.2) is 0 Å². The maximum absolute atomic E-state index is 12.8. The van der Waals surface area contributed by atoms with E-state index in [9.17, 15) is 9.59 Å². The maximum Gasteiger partial charge on any atom is 0.266 e. The molecule has 0 spiro atoms. The molecule has 2 aromatic carbocycles. The van der Waals surface area contributed by atoms with Crippen LogP contribution in [0.25, 0.3) is 21.9 Å². The first kappa shape index (κ1) is 17.0. The molecule has 0 atom stereocenters. The summed E-state index contributed by atoms with van der Waals surface area (Å²) in [7, 11) is 0. The summed E-state index contributed by atoms with van der Waals surface area (Å²) in [5.41, 5.74) is 3.17. The van der Waals surface area contributed by atoms with E-state index in [1.807, 2.05) is 55.5 Å². The second kappa shape index (κ2) is 6.49. The number of carbonyl (C=O) groups excluding carboxylic acids is 2. The van der Waals surface area contributed by atoms with Crippen LogP contribution in [0.3, 0.4) is 0 Å². The van der Waals surface area contributed by atoms with Crippen LogP contribution in [0.4, 0.5) is 10.7 Å². The zero-order valence-corrected chi connectivity index (χ0v) is 16.1. The van der Waals surface area contributed by atoms with Crippen LogP contribution >= 0.6 is 11.3 Å². The van der Waals surface area contributed by atoms with Gasteiger partial charge < -0.3 is 15.1 Å². The molecule has 28 heavy (non-hydrogen) atoms. The lowest BCUT2D eigenvalue weighted by Crippen LogP contribution is -2.12. The van der Waals surface area contributed by atoms with Gasteiger partial charge in [0.2, 0.25) is 5.91 Å². The number of fused-ring (bicyclic) bond motifs is 3. The molecule has 0 bridgehead atoms. The first-order valence-electron chi connectivity index (χ1n) is 9.22. The molecule has 0 aliphatic heterocycles. The van der Waals surface area contributed by atoms with Gasteiger partial charge in [0.1, 0.15) is 11.2 Å². The molecule has 6 heteroatoms. The van der Waals surface area contributed by atoms with Gasteiger partial charge in [0.15, 0.2) is 0 Å². The van der Waals surface area contributed by atoms with Crippen LogP contribution < -0.4 is 10.6 Å². The molecular formula is C22H18N2O3S. The van der Waals surface area contributed by atoms with Gasteiger partial charge in [-0.15, -0.1) is 11.3 Å². The monoisotopic (exact) mass is 390 g/mol. The molecule has 1 fully saturated rings. The van der Waals surface area contributed by atoms with Gasteiger partial charge >= 0.3 is 0 Å². The highest BCUT2D eigenvalue weighted by Crippen LogP contribution is 2.34. The van der Waals surface area contributed by atoms with Gasteiger partial charge in [-0.1, -0.05) is 18.2 Å². The van der Waals surface area contributed by atoms with E-state index in [0.717, 1.165) is 45.3 Å². The topological polar surface area (TPSA) is 71.3 Å². The van der Waals surface area contributed by atoms with Crippen LogP contribution in [0.2, 0.25) is 0 Å². The summed E-state index contributed by atoms with van der Waals surface area (Å²) in [4.78, 5) is 25.3. The molecule has 1 saturated carbocycles. The highest BCUT2D eigenvalue weighted by atomic mass is 32.1. The van der Waals surface area contributed by atoms with Crippen molar-refractivity contribution in [3.8, 4) is 0 Å². The second-order valence-corrected chi connectivity index (χ2v) is 8.20. The number of thiophene rings is 1. The van der Waals surface area contributed by atoms with Crippen molar-refractivity contribution in [2.24, 2.45) is 5.92 Å². The Morgan fingerprint density at radius 2 is 1.79 bits per heavy atom. The van der Waals surface area contributed by atoms with Gasteiger partial charge in [0.25, 0.3) is 5.91 Å². The molecule has 0 unspecified atom stereocenters. The quantitative estimate of drug-likeness (QED) is 0.479. The van der Waals surface area contributed by atoms with Crippen molar-refractivity contribution in [3.63, 3.8) is 0 Å². The number of benzene rings is 2. The van der Waals surface area contributed by atoms with Crippen LogP contribution in [-0.4, -0.2) is 11.8 Å². The smallest absolute Gasteiger partial charge is 0.266 e. The van der Waals surface area contributed by atoms with Gasteiger partial charge in [-0.2, -0.15) is 0 Å². The minimum Gasteiger partial charge on any atom is -0.456 e. The predicted octanol–water partition coefficient (Wildman–Crippen LogP) is 5.56. The number of nitrogens with one attached hydrogen (secondary N) is 2. The van der Waals surface area contributed by atoms with Crippen molar-refractivity contribution in [3.05, 3.63) is 59.0 Å². The Kier molecular flexibility index (Phi) is 3.94. The third kappa shape index (κ3) is 3.05. The highest BCUT2D eigenvalue weighted by Gasteiger charge is 2.30. The molecule has 2 amide bonds. The van der Waals surface area contributed by atoms with Crippen LogP contribution in [0, 0.1) is 12.8 Å². The summed E-state index contributed by atoms with van der Waals surface area (Å²) in [6, 6.07) is 15.3. The number of carbonyl (C=O) groups is 2. The standard InChI is InChI=1S/C22H18N2O3S/c1-12-10-19(24-21(25)13-6-7-13)28-20(12)22(26)23-14-8-9-18-16(11-14)15-4-2-3-5-17(15)27-18/h2-5,8-11,13H,6-7H2,1H3,(H,23,26)(H,24,25). The SMILES string of the molecule is Cc1cc(NC(=O)C2CC2)sc1C(=O)Nc1ccc2oc3ccccc3c2c1. The van der Waals surface area contributed by atoms with Crippen LogP contribution in [0.5, 0.6) is 0 Å². The summed E-state index contributed by atoms with van der Waals surface area (Å²) in [6.45, 7) is 1.88. The zero-order chi connectivity index (χ0) is 19.3. The summed E-state index contributed by atoms with van der Waals surface area (Å²) in [5, 5.41) is 8.58. The third-order valence-electron chi connectivity index (χ3n) is 4.95. The molecule has 140 valence electrons. The molecule has 1 aliphatic rings. The highest BCUT2D eigenvalue weighted by molar-refractivity contribution is 7.18. The minimum absolute atomic E-state index is 0.0468. The fourth-order valence-electron chi connectivity index (χ4n) is 3.33. The molecule has 2 N–H and O–H groups in total. The van der Waals surface area contributed by atoms with E-state index in [2.05, 4.69) is 10.6 Å². The van der Waals surface area contributed by atoms with Gasteiger partial charge in [-0.3, -0.25) is 9.59 Å². The molecule has 5 nitrogen and oxygen atoms in total. The Morgan fingerprint density at radius 3 is 2.61 bits per heavy atom. The fourth-order valence-corrected chi connectivity index (χ4v) is 4.30. The summed E-state index contributed by atoms with van der Waals surface area (Å²) >= 11 is 1.31. The number of hydrogen-bond donors (Lipinski definition) is 2. The van der Waals surface area contributed by atoms with Crippen LogP contribution in [-0.2, 0) is 4.79 Å². The number of aryl methyl sites for hydroxylation is 1. The molecule has 0 saturated heterocycles. The van der Waals surface area contributed by atoms with E-state index in [-0.39, 0.29) is 17.7 Å². The van der Waals surface area contributed by atoms with E-state index in [1.54, 1.807) is 0 Å². The van der Waals surface area contributed by atoms with E-state index in [4.69, 9.17) is 4.42 Å². The van der Waals surface area contributed by atoms with Gasteiger partial charge in [0, 0.05) is 22.4 Å². The Morgan fingerprint density at radius 1 is 1.00 bits per heavy atom. The number of furan rings is 1. The Hall–Kier alpha value is -3.12. The predicted molar refractivity (Wildman–Crippen MR) is 112 cm³/mol. The van der Waals surface area contributed by atoms with Crippen LogP contribution in [0.15, 0.2) is 52.9 Å². The van der Waals surface area contributed by atoms with Gasteiger partial charge in [0.05, 0.1) is 9.88 Å². The first-order chi connectivity index (χ1) is 13.6. The normalized spacial score (nSPS) is 13.8. The van der Waals surface area contributed by atoms with Crippen LogP contribution in [0.1, 0.15) is 28.1 Å². The van der Waals surface area contributed by atoms with Gasteiger partial charge in [-0.05, 0) is 55.7 Å². The molecular weight excluding hydrogens is 372 g/mol. The summed E-state index contributed by atoms with van der Waals surface area (Å²) < 4.78 is 5.83. The summed E-state index contributed by atoms with van der Waals surface area (Å²) in [5.74, 6) is 0.00302. The maximum atomic E-state index is 12.8. The lowest BCUT2D eigenvalue weighted by Gasteiger charge is -2.04. The molecule has 2 heterocycles. The van der Waals surface area contributed by atoms with Crippen molar-refractivity contribution < 1.29 is 14.0 Å². The molecule has 4 aromatic rings. The lowest BCUT2D eigenvalue weighted by atomic mass is 10.1. The van der Waals surface area contributed by atoms with E-state index < -0.39 is 0 Å². The van der Waals surface area contributed by atoms with Crippen molar-refractivity contribution in [1.82, 2.24) is 0 Å². The number of para-hydroxylation sites is 1. The Bertz CT molecular complexity index is 1230.